The molecular formula is C17H24N2O2. The molecule has 3 rings (SSSR count). The number of benzene rings is 1. The number of nitrogens with zero attached hydrogens (tertiary/aromatic N) is 1. The first-order chi connectivity index (χ1) is 10.2. The van der Waals surface area contributed by atoms with E-state index in [9.17, 15) is 4.79 Å². The number of rotatable bonds is 4. The minimum Gasteiger partial charge on any atom is -0.376 e. The third-order valence-electron chi connectivity index (χ3n) is 4.50. The van der Waals surface area contributed by atoms with Crippen LogP contribution in [0.25, 0.3) is 0 Å². The fourth-order valence-electron chi connectivity index (χ4n) is 3.19. The second-order valence-electron chi connectivity index (χ2n) is 6.01. The number of amides is 1. The summed E-state index contributed by atoms with van der Waals surface area (Å²) in [6, 6.07) is 8.43. The number of carbonyl (C=O) groups is 1. The van der Waals surface area contributed by atoms with Gasteiger partial charge in [-0.2, -0.15) is 0 Å². The maximum Gasteiger partial charge on any atom is 0.241 e. The third-order valence-corrected chi connectivity index (χ3v) is 4.50. The van der Waals surface area contributed by atoms with Crippen molar-refractivity contribution in [2.45, 2.75) is 51.4 Å². The van der Waals surface area contributed by atoms with Crippen LogP contribution in [-0.2, 0) is 16.0 Å². The Morgan fingerprint density at radius 3 is 2.71 bits per heavy atom. The van der Waals surface area contributed by atoms with Gasteiger partial charge in [0, 0.05) is 13.2 Å². The molecule has 0 saturated carbocycles. The zero-order chi connectivity index (χ0) is 14.8. The van der Waals surface area contributed by atoms with Crippen molar-refractivity contribution < 1.29 is 9.53 Å². The van der Waals surface area contributed by atoms with Crippen molar-refractivity contribution in [1.29, 1.82) is 0 Å². The summed E-state index contributed by atoms with van der Waals surface area (Å²) in [6.45, 7) is 5.60. The highest BCUT2D eigenvalue weighted by molar-refractivity contribution is 5.84. The minimum atomic E-state index is -0.123. The van der Waals surface area contributed by atoms with Crippen LogP contribution in [-0.4, -0.2) is 36.1 Å². The summed E-state index contributed by atoms with van der Waals surface area (Å²) >= 11 is 0. The Labute approximate surface area is 126 Å². The number of carbonyl (C=O) groups excluding carboxylic acids is 1. The van der Waals surface area contributed by atoms with Crippen LogP contribution in [0.2, 0.25) is 0 Å². The predicted molar refractivity (Wildman–Crippen MR) is 81.8 cm³/mol. The minimum absolute atomic E-state index is 0.0254. The molecule has 2 aliphatic heterocycles. The van der Waals surface area contributed by atoms with Crippen LogP contribution < -0.4 is 5.32 Å². The van der Waals surface area contributed by atoms with Crippen molar-refractivity contribution >= 4 is 5.91 Å². The van der Waals surface area contributed by atoms with Gasteiger partial charge in [-0.05, 0) is 37.3 Å². The molecule has 0 spiro atoms. The quantitative estimate of drug-likeness (QED) is 0.924. The summed E-state index contributed by atoms with van der Waals surface area (Å²) in [7, 11) is 0. The van der Waals surface area contributed by atoms with Gasteiger partial charge in [0.15, 0.2) is 0 Å². The lowest BCUT2D eigenvalue weighted by molar-refractivity contribution is -0.131. The van der Waals surface area contributed by atoms with Crippen LogP contribution in [0.3, 0.4) is 0 Å². The first-order valence-electron chi connectivity index (χ1n) is 7.96. The largest absolute Gasteiger partial charge is 0.376 e. The van der Waals surface area contributed by atoms with Crippen LogP contribution in [0.15, 0.2) is 24.3 Å². The Morgan fingerprint density at radius 2 is 2.10 bits per heavy atom. The lowest BCUT2D eigenvalue weighted by atomic mass is 10.1. The number of hydrogen-bond acceptors (Lipinski definition) is 3. The lowest BCUT2D eigenvalue weighted by Gasteiger charge is -2.27. The smallest absolute Gasteiger partial charge is 0.241 e. The molecule has 2 fully saturated rings. The maximum absolute atomic E-state index is 12.4. The van der Waals surface area contributed by atoms with E-state index >= 15 is 0 Å². The molecule has 0 aliphatic carbocycles. The number of nitrogens with one attached hydrogen (secondary N) is 1. The molecule has 1 aromatic carbocycles. The highest BCUT2D eigenvalue weighted by Gasteiger charge is 2.38. The second kappa shape index (κ2) is 6.16. The molecule has 1 N–H and O–H groups in total. The van der Waals surface area contributed by atoms with Crippen molar-refractivity contribution in [3.63, 3.8) is 0 Å². The normalized spacial score (nSPS) is 29.3. The van der Waals surface area contributed by atoms with E-state index in [1.807, 2.05) is 11.8 Å². The molecule has 21 heavy (non-hydrogen) atoms. The zero-order valence-corrected chi connectivity index (χ0v) is 12.8. The monoisotopic (exact) mass is 288 g/mol. The van der Waals surface area contributed by atoms with E-state index in [0.29, 0.717) is 6.54 Å². The van der Waals surface area contributed by atoms with E-state index in [2.05, 4.69) is 36.5 Å². The van der Waals surface area contributed by atoms with E-state index < -0.39 is 0 Å². The van der Waals surface area contributed by atoms with Crippen LogP contribution in [0.4, 0.5) is 0 Å². The molecular weight excluding hydrogens is 264 g/mol. The first kappa shape index (κ1) is 14.5. The number of hydrogen-bond donors (Lipinski definition) is 1. The molecule has 0 bridgehead atoms. The van der Waals surface area contributed by atoms with Gasteiger partial charge in [-0.1, -0.05) is 31.2 Å². The topological polar surface area (TPSA) is 41.6 Å². The fourth-order valence-corrected chi connectivity index (χ4v) is 3.19. The summed E-state index contributed by atoms with van der Waals surface area (Å²) in [6.07, 6.45) is 3.36. The molecule has 4 nitrogen and oxygen atoms in total. The van der Waals surface area contributed by atoms with Crippen molar-refractivity contribution in [3.05, 3.63) is 35.4 Å². The lowest BCUT2D eigenvalue weighted by Crippen LogP contribution is -2.37. The van der Waals surface area contributed by atoms with E-state index in [1.165, 1.54) is 5.56 Å². The Bertz CT molecular complexity index is 494. The highest BCUT2D eigenvalue weighted by atomic mass is 16.5. The summed E-state index contributed by atoms with van der Waals surface area (Å²) in [4.78, 5) is 14.4. The van der Waals surface area contributed by atoms with Gasteiger partial charge < -0.3 is 9.64 Å². The van der Waals surface area contributed by atoms with Gasteiger partial charge in [0.25, 0.3) is 0 Å². The highest BCUT2D eigenvalue weighted by Crippen LogP contribution is 2.27. The molecule has 114 valence electrons. The van der Waals surface area contributed by atoms with Gasteiger partial charge in [-0.15, -0.1) is 0 Å². The summed E-state index contributed by atoms with van der Waals surface area (Å²) in [5.74, 6) is 0.176. The molecule has 1 amide bonds. The van der Waals surface area contributed by atoms with E-state index in [1.54, 1.807) is 0 Å². The third kappa shape index (κ3) is 2.97. The molecule has 3 atom stereocenters. The van der Waals surface area contributed by atoms with Gasteiger partial charge in [0.05, 0.1) is 12.1 Å². The SMILES string of the molecule is CCc1ccc(C2NC(C)C(=O)N2CC2CCCO2)cc1. The fraction of sp³-hybridized carbons (Fsp3) is 0.588. The van der Waals surface area contributed by atoms with Gasteiger partial charge in [0.2, 0.25) is 5.91 Å². The van der Waals surface area contributed by atoms with Crippen LogP contribution >= 0.6 is 0 Å². The van der Waals surface area contributed by atoms with Gasteiger partial charge in [0.1, 0.15) is 6.17 Å². The molecule has 2 aliphatic rings. The zero-order valence-electron chi connectivity index (χ0n) is 12.8. The summed E-state index contributed by atoms with van der Waals surface area (Å²) < 4.78 is 5.70. The van der Waals surface area contributed by atoms with E-state index in [4.69, 9.17) is 4.74 Å². The van der Waals surface area contributed by atoms with Crippen molar-refractivity contribution in [2.24, 2.45) is 0 Å². The van der Waals surface area contributed by atoms with Crippen LogP contribution in [0.5, 0.6) is 0 Å². The van der Waals surface area contributed by atoms with Crippen molar-refractivity contribution in [2.75, 3.05) is 13.2 Å². The van der Waals surface area contributed by atoms with E-state index in [0.717, 1.165) is 31.4 Å². The van der Waals surface area contributed by atoms with Crippen LogP contribution in [0.1, 0.15) is 44.0 Å². The second-order valence-corrected chi connectivity index (χ2v) is 6.01. The number of aryl methyl sites for hydroxylation is 1. The van der Waals surface area contributed by atoms with E-state index in [-0.39, 0.29) is 24.2 Å². The molecule has 4 heteroatoms. The Balaban J connectivity index is 1.78. The summed E-state index contributed by atoms with van der Waals surface area (Å²) in [5, 5.41) is 3.40. The van der Waals surface area contributed by atoms with Crippen LogP contribution in [0, 0.1) is 0 Å². The molecule has 2 saturated heterocycles. The standard InChI is InChI=1S/C17H24N2O2/c1-3-13-6-8-14(9-7-13)16-18-12(2)17(20)19(16)11-15-5-4-10-21-15/h6-9,12,15-16,18H,3-5,10-11H2,1-2H3. The van der Waals surface area contributed by atoms with Gasteiger partial charge in [-0.25, -0.2) is 0 Å². The first-order valence-corrected chi connectivity index (χ1v) is 7.96. The molecule has 3 unspecified atom stereocenters. The predicted octanol–water partition coefficient (Wildman–Crippen LogP) is 2.25. The maximum atomic E-state index is 12.4. The molecule has 2 heterocycles. The van der Waals surface area contributed by atoms with Gasteiger partial charge in [-0.3, -0.25) is 10.1 Å². The average molecular weight is 288 g/mol. The molecule has 0 aromatic heterocycles. The van der Waals surface area contributed by atoms with Crippen molar-refractivity contribution in [1.82, 2.24) is 10.2 Å². The summed E-state index contributed by atoms with van der Waals surface area (Å²) in [5.41, 5.74) is 2.48. The van der Waals surface area contributed by atoms with Crippen molar-refractivity contribution in [3.8, 4) is 0 Å². The Hall–Kier alpha value is -1.39. The Morgan fingerprint density at radius 1 is 1.33 bits per heavy atom. The molecule has 0 radical (unpaired) electrons. The Kier molecular flexibility index (Phi) is 4.27. The molecule has 1 aromatic rings. The van der Waals surface area contributed by atoms with Gasteiger partial charge >= 0.3 is 0 Å². The number of ether oxygens (including phenoxy) is 1. The average Bonchev–Trinajstić information content (AvgIpc) is 3.11.